The summed E-state index contributed by atoms with van der Waals surface area (Å²) >= 11 is 0. The van der Waals surface area contributed by atoms with Crippen LogP contribution >= 0.6 is 0 Å². The Morgan fingerprint density at radius 2 is 1.62 bits per heavy atom. The second-order valence-electron chi connectivity index (χ2n) is 5.80. The molecule has 0 saturated heterocycles. The summed E-state index contributed by atoms with van der Waals surface area (Å²) in [5.41, 5.74) is 0.275. The predicted octanol–water partition coefficient (Wildman–Crippen LogP) is 2.45. The van der Waals surface area contributed by atoms with Crippen molar-refractivity contribution < 1.29 is 9.47 Å². The molecule has 0 aromatic carbocycles. The molecule has 1 N–H and O–H groups in total. The zero-order valence-corrected chi connectivity index (χ0v) is 11.9. The molecule has 0 atom stereocenters. The molecule has 3 heteroatoms. The molecule has 98 valence electrons. The van der Waals surface area contributed by atoms with E-state index >= 15 is 0 Å². The van der Waals surface area contributed by atoms with Crippen molar-refractivity contribution in [2.24, 2.45) is 5.41 Å². The Hall–Kier alpha value is -0.120. The van der Waals surface area contributed by atoms with E-state index in [1.54, 1.807) is 14.2 Å². The van der Waals surface area contributed by atoms with Gasteiger partial charge in [-0.15, -0.1) is 0 Å². The Bertz CT molecular complexity index is 179. The number of hydrogen-bond acceptors (Lipinski definition) is 3. The van der Waals surface area contributed by atoms with Crippen LogP contribution in [0.3, 0.4) is 0 Å². The lowest BCUT2D eigenvalue weighted by molar-refractivity contribution is 0.0153. The quantitative estimate of drug-likeness (QED) is 0.618. The molecule has 0 bridgehead atoms. The maximum absolute atomic E-state index is 5.37. The third-order valence-corrected chi connectivity index (χ3v) is 3.04. The summed E-state index contributed by atoms with van der Waals surface area (Å²) in [5.74, 6) is 0. The molecular weight excluding hydrogens is 202 g/mol. The summed E-state index contributed by atoms with van der Waals surface area (Å²) in [6.45, 7) is 11.6. The number of ether oxygens (including phenoxy) is 2. The Morgan fingerprint density at radius 3 is 2.12 bits per heavy atom. The second-order valence-corrected chi connectivity index (χ2v) is 5.80. The van der Waals surface area contributed by atoms with Gasteiger partial charge in [-0.1, -0.05) is 13.8 Å². The topological polar surface area (TPSA) is 30.5 Å². The highest BCUT2D eigenvalue weighted by molar-refractivity contribution is 4.74. The average molecular weight is 231 g/mol. The van der Waals surface area contributed by atoms with Crippen LogP contribution in [0.5, 0.6) is 0 Å². The van der Waals surface area contributed by atoms with Crippen molar-refractivity contribution in [3.63, 3.8) is 0 Å². The van der Waals surface area contributed by atoms with E-state index < -0.39 is 0 Å². The minimum Gasteiger partial charge on any atom is -0.385 e. The minimum absolute atomic E-state index is 0.0241. The number of methoxy groups -OCH3 is 2. The number of rotatable bonds is 9. The molecule has 0 amide bonds. The minimum atomic E-state index is -0.0241. The third kappa shape index (κ3) is 8.08. The van der Waals surface area contributed by atoms with Crippen LogP contribution in [0.25, 0.3) is 0 Å². The Balaban J connectivity index is 3.64. The van der Waals surface area contributed by atoms with E-state index in [0.717, 1.165) is 32.5 Å². The highest BCUT2D eigenvalue weighted by Gasteiger charge is 2.19. The van der Waals surface area contributed by atoms with Crippen molar-refractivity contribution in [2.45, 2.75) is 46.1 Å². The van der Waals surface area contributed by atoms with E-state index in [1.165, 1.54) is 0 Å². The van der Waals surface area contributed by atoms with Gasteiger partial charge in [-0.3, -0.25) is 0 Å². The van der Waals surface area contributed by atoms with E-state index in [4.69, 9.17) is 9.47 Å². The molecule has 0 aliphatic heterocycles. The standard InChI is InChI=1S/C13H29NO2/c1-12(2,8-10-15-5)11-14-9-7-13(3,4)16-6/h14H,7-11H2,1-6H3. The van der Waals surface area contributed by atoms with Crippen LogP contribution in [0.15, 0.2) is 0 Å². The van der Waals surface area contributed by atoms with E-state index in [9.17, 15) is 0 Å². The first-order chi connectivity index (χ1) is 7.33. The van der Waals surface area contributed by atoms with Crippen LogP contribution < -0.4 is 5.32 Å². The van der Waals surface area contributed by atoms with Crippen LogP contribution in [0.2, 0.25) is 0 Å². The molecule has 0 aliphatic rings. The molecule has 3 nitrogen and oxygen atoms in total. The zero-order valence-electron chi connectivity index (χ0n) is 11.9. The van der Waals surface area contributed by atoms with Crippen LogP contribution in [-0.4, -0.2) is 39.5 Å². The van der Waals surface area contributed by atoms with Crippen LogP contribution in [0, 0.1) is 5.41 Å². The first kappa shape index (κ1) is 15.9. The molecule has 0 saturated carbocycles. The molecule has 0 unspecified atom stereocenters. The van der Waals surface area contributed by atoms with Crippen molar-refractivity contribution in [1.29, 1.82) is 0 Å². The van der Waals surface area contributed by atoms with E-state index in [0.29, 0.717) is 5.41 Å². The first-order valence-electron chi connectivity index (χ1n) is 6.08. The van der Waals surface area contributed by atoms with Gasteiger partial charge in [0.25, 0.3) is 0 Å². The SMILES string of the molecule is COCCC(C)(C)CNCCC(C)(C)OC. The maximum atomic E-state index is 5.37. The molecule has 0 fully saturated rings. The van der Waals surface area contributed by atoms with Crippen molar-refractivity contribution in [3.05, 3.63) is 0 Å². The van der Waals surface area contributed by atoms with Gasteiger partial charge < -0.3 is 14.8 Å². The molecule has 0 aromatic rings. The van der Waals surface area contributed by atoms with Gasteiger partial charge in [-0.25, -0.2) is 0 Å². The van der Waals surface area contributed by atoms with Crippen molar-refractivity contribution in [1.82, 2.24) is 5.32 Å². The molecule has 0 aliphatic carbocycles. The zero-order chi connectivity index (χ0) is 12.7. The van der Waals surface area contributed by atoms with Crippen LogP contribution in [0.1, 0.15) is 40.5 Å². The van der Waals surface area contributed by atoms with Gasteiger partial charge in [-0.05, 0) is 38.6 Å². The summed E-state index contributed by atoms with van der Waals surface area (Å²) in [5, 5.41) is 3.49. The van der Waals surface area contributed by atoms with Gasteiger partial charge in [-0.2, -0.15) is 0 Å². The molecule has 0 rings (SSSR count). The van der Waals surface area contributed by atoms with E-state index in [2.05, 4.69) is 33.0 Å². The lowest BCUT2D eigenvalue weighted by atomic mass is 9.89. The van der Waals surface area contributed by atoms with E-state index in [1.807, 2.05) is 0 Å². The Labute approximate surface area is 101 Å². The summed E-state index contributed by atoms with van der Waals surface area (Å²) in [6, 6.07) is 0. The highest BCUT2D eigenvalue weighted by atomic mass is 16.5. The van der Waals surface area contributed by atoms with Crippen LogP contribution in [0.4, 0.5) is 0 Å². The largest absolute Gasteiger partial charge is 0.385 e. The molecule has 0 heterocycles. The predicted molar refractivity (Wildman–Crippen MR) is 68.8 cm³/mol. The lowest BCUT2D eigenvalue weighted by Crippen LogP contribution is -2.34. The smallest absolute Gasteiger partial charge is 0.0634 e. The Kier molecular flexibility index (Phi) is 7.20. The molecule has 0 radical (unpaired) electrons. The fraction of sp³-hybridized carbons (Fsp3) is 1.00. The molecular formula is C13H29NO2. The monoisotopic (exact) mass is 231 g/mol. The van der Waals surface area contributed by atoms with Crippen LogP contribution in [-0.2, 0) is 9.47 Å². The maximum Gasteiger partial charge on any atom is 0.0634 e. The Morgan fingerprint density at radius 1 is 1.00 bits per heavy atom. The first-order valence-corrected chi connectivity index (χ1v) is 6.08. The van der Waals surface area contributed by atoms with Gasteiger partial charge in [0.1, 0.15) is 0 Å². The summed E-state index contributed by atoms with van der Waals surface area (Å²) in [7, 11) is 3.52. The summed E-state index contributed by atoms with van der Waals surface area (Å²) in [6.07, 6.45) is 2.12. The van der Waals surface area contributed by atoms with Gasteiger partial charge >= 0.3 is 0 Å². The average Bonchev–Trinajstić information content (AvgIpc) is 2.22. The van der Waals surface area contributed by atoms with Gasteiger partial charge in [0.15, 0.2) is 0 Å². The number of nitrogens with one attached hydrogen (secondary N) is 1. The van der Waals surface area contributed by atoms with Crippen molar-refractivity contribution in [2.75, 3.05) is 33.9 Å². The summed E-state index contributed by atoms with van der Waals surface area (Å²) in [4.78, 5) is 0. The fourth-order valence-electron chi connectivity index (χ4n) is 1.39. The van der Waals surface area contributed by atoms with Gasteiger partial charge in [0.2, 0.25) is 0 Å². The molecule has 16 heavy (non-hydrogen) atoms. The number of hydrogen-bond donors (Lipinski definition) is 1. The van der Waals surface area contributed by atoms with E-state index in [-0.39, 0.29) is 5.60 Å². The van der Waals surface area contributed by atoms with Crippen molar-refractivity contribution in [3.8, 4) is 0 Å². The fourth-order valence-corrected chi connectivity index (χ4v) is 1.39. The second kappa shape index (κ2) is 7.25. The highest BCUT2D eigenvalue weighted by Crippen LogP contribution is 2.19. The van der Waals surface area contributed by atoms with Crippen molar-refractivity contribution >= 4 is 0 Å². The van der Waals surface area contributed by atoms with Gasteiger partial charge in [0.05, 0.1) is 5.60 Å². The molecule has 0 spiro atoms. The summed E-state index contributed by atoms with van der Waals surface area (Å²) < 4.78 is 10.5. The van der Waals surface area contributed by atoms with Gasteiger partial charge in [0, 0.05) is 27.4 Å². The lowest BCUT2D eigenvalue weighted by Gasteiger charge is -2.27. The molecule has 0 aromatic heterocycles. The normalized spacial score (nSPS) is 13.1. The third-order valence-electron chi connectivity index (χ3n) is 3.04.